The molecule has 0 aliphatic carbocycles. The lowest BCUT2D eigenvalue weighted by Gasteiger charge is -2.07. The van der Waals surface area contributed by atoms with Crippen molar-refractivity contribution in [2.45, 2.75) is 13.0 Å². The Balaban J connectivity index is 1.56. The van der Waals surface area contributed by atoms with Crippen molar-refractivity contribution in [3.05, 3.63) is 55.4 Å². The molecule has 3 aromatic rings. The summed E-state index contributed by atoms with van der Waals surface area (Å²) in [6.07, 6.45) is 6.98. The van der Waals surface area contributed by atoms with Gasteiger partial charge >= 0.3 is 0 Å². The van der Waals surface area contributed by atoms with Gasteiger partial charge in [-0.3, -0.25) is 9.48 Å². The number of anilines is 1. The molecule has 7 heteroatoms. The van der Waals surface area contributed by atoms with Gasteiger partial charge in [-0.15, -0.1) is 0 Å². The first-order valence-corrected chi connectivity index (χ1v) is 6.53. The average Bonchev–Trinajstić information content (AvgIpc) is 3.19. The van der Waals surface area contributed by atoms with Gasteiger partial charge < -0.3 is 5.32 Å². The number of nitrogens with zero attached hydrogens (tertiary/aromatic N) is 5. The third-order valence-corrected chi connectivity index (χ3v) is 2.95. The van der Waals surface area contributed by atoms with Gasteiger partial charge in [-0.2, -0.15) is 10.2 Å². The lowest BCUT2D eigenvalue weighted by atomic mass is 10.2. The number of amides is 1. The van der Waals surface area contributed by atoms with Gasteiger partial charge in [-0.05, 0) is 30.3 Å². The van der Waals surface area contributed by atoms with Crippen molar-refractivity contribution in [3.63, 3.8) is 0 Å². The third kappa shape index (κ3) is 3.33. The minimum atomic E-state index is -0.0580. The van der Waals surface area contributed by atoms with Crippen molar-refractivity contribution in [1.82, 2.24) is 24.5 Å². The fourth-order valence-electron chi connectivity index (χ4n) is 1.91. The molecule has 21 heavy (non-hydrogen) atoms. The average molecular weight is 282 g/mol. The van der Waals surface area contributed by atoms with Crippen LogP contribution in [0.15, 0.2) is 55.4 Å². The topological polar surface area (TPSA) is 77.6 Å². The predicted molar refractivity (Wildman–Crippen MR) is 76.8 cm³/mol. The summed E-state index contributed by atoms with van der Waals surface area (Å²) >= 11 is 0. The summed E-state index contributed by atoms with van der Waals surface area (Å²) in [7, 11) is 0. The van der Waals surface area contributed by atoms with E-state index in [1.807, 2.05) is 36.5 Å². The van der Waals surface area contributed by atoms with Crippen LogP contribution in [0, 0.1) is 0 Å². The second-order valence-electron chi connectivity index (χ2n) is 4.45. The quantitative estimate of drug-likeness (QED) is 0.769. The van der Waals surface area contributed by atoms with Gasteiger partial charge in [0.25, 0.3) is 0 Å². The summed E-state index contributed by atoms with van der Waals surface area (Å²) in [5, 5.41) is 10.9. The first-order chi connectivity index (χ1) is 10.3. The molecule has 0 saturated carbocycles. The van der Waals surface area contributed by atoms with Crippen LogP contribution in [0.4, 0.5) is 5.69 Å². The van der Waals surface area contributed by atoms with E-state index in [2.05, 4.69) is 20.5 Å². The molecule has 1 N–H and O–H groups in total. The van der Waals surface area contributed by atoms with E-state index in [0.29, 0.717) is 13.0 Å². The van der Waals surface area contributed by atoms with Crippen molar-refractivity contribution in [2.75, 3.05) is 5.32 Å². The zero-order valence-electron chi connectivity index (χ0n) is 11.3. The number of benzene rings is 1. The molecule has 0 bridgehead atoms. The predicted octanol–water partition coefficient (Wildman–Crippen LogP) is 1.49. The van der Waals surface area contributed by atoms with E-state index < -0.39 is 0 Å². The first-order valence-electron chi connectivity index (χ1n) is 6.53. The summed E-state index contributed by atoms with van der Waals surface area (Å²) in [6, 6.07) is 9.37. The molecule has 0 aliphatic rings. The highest BCUT2D eigenvalue weighted by Crippen LogP contribution is 2.12. The van der Waals surface area contributed by atoms with Gasteiger partial charge in [0.15, 0.2) is 0 Å². The van der Waals surface area contributed by atoms with Crippen LogP contribution in [0.2, 0.25) is 0 Å². The summed E-state index contributed by atoms with van der Waals surface area (Å²) in [5.41, 5.74) is 1.70. The van der Waals surface area contributed by atoms with Crippen LogP contribution < -0.4 is 5.32 Å². The zero-order chi connectivity index (χ0) is 14.5. The fraction of sp³-hybridized carbons (Fsp3) is 0.143. The van der Waals surface area contributed by atoms with Crippen molar-refractivity contribution in [3.8, 4) is 5.69 Å². The Morgan fingerprint density at radius 1 is 1.19 bits per heavy atom. The standard InChI is InChI=1S/C14H14N6O/c21-14(6-9-19-11-15-10-17-19)18-12-2-4-13(5-3-12)20-8-1-7-16-20/h1-5,7-8,10-11H,6,9H2,(H,18,21). The molecule has 0 aliphatic heterocycles. The van der Waals surface area contributed by atoms with Gasteiger partial charge in [0.05, 0.1) is 12.2 Å². The molecule has 0 saturated heterocycles. The van der Waals surface area contributed by atoms with Gasteiger partial charge in [0.2, 0.25) is 5.91 Å². The van der Waals surface area contributed by atoms with Crippen LogP contribution in [0.3, 0.4) is 0 Å². The maximum Gasteiger partial charge on any atom is 0.226 e. The van der Waals surface area contributed by atoms with E-state index in [0.717, 1.165) is 11.4 Å². The van der Waals surface area contributed by atoms with Crippen molar-refractivity contribution in [2.24, 2.45) is 0 Å². The first kappa shape index (κ1) is 13.0. The van der Waals surface area contributed by atoms with Crippen molar-refractivity contribution >= 4 is 11.6 Å². The molecule has 1 aromatic carbocycles. The van der Waals surface area contributed by atoms with Crippen LogP contribution in [0.5, 0.6) is 0 Å². The Morgan fingerprint density at radius 3 is 2.71 bits per heavy atom. The second-order valence-corrected chi connectivity index (χ2v) is 4.45. The Hall–Kier alpha value is -2.96. The van der Waals surface area contributed by atoms with E-state index in [9.17, 15) is 4.79 Å². The molecule has 0 radical (unpaired) electrons. The van der Waals surface area contributed by atoms with Gasteiger partial charge in [-0.1, -0.05) is 0 Å². The number of carbonyl (C=O) groups excluding carboxylic acids is 1. The number of rotatable bonds is 5. The molecule has 1 amide bonds. The number of hydrogen-bond acceptors (Lipinski definition) is 4. The number of aromatic nitrogens is 5. The van der Waals surface area contributed by atoms with E-state index in [4.69, 9.17) is 0 Å². The van der Waals surface area contributed by atoms with Gasteiger partial charge in [-0.25, -0.2) is 9.67 Å². The second kappa shape index (κ2) is 6.00. The highest BCUT2D eigenvalue weighted by Gasteiger charge is 2.04. The van der Waals surface area contributed by atoms with Crippen molar-refractivity contribution < 1.29 is 4.79 Å². The Labute approximate surface area is 121 Å². The molecule has 0 fully saturated rings. The van der Waals surface area contributed by atoms with E-state index in [1.165, 1.54) is 6.33 Å². The summed E-state index contributed by atoms with van der Waals surface area (Å²) < 4.78 is 3.39. The Kier molecular flexibility index (Phi) is 3.72. The van der Waals surface area contributed by atoms with Gasteiger partial charge in [0, 0.05) is 24.5 Å². The molecular formula is C14H14N6O. The van der Waals surface area contributed by atoms with Crippen LogP contribution in [-0.4, -0.2) is 30.5 Å². The number of carbonyl (C=O) groups is 1. The van der Waals surface area contributed by atoms with E-state index >= 15 is 0 Å². The molecule has 106 valence electrons. The maximum absolute atomic E-state index is 11.8. The highest BCUT2D eigenvalue weighted by atomic mass is 16.1. The smallest absolute Gasteiger partial charge is 0.226 e. The molecule has 0 unspecified atom stereocenters. The third-order valence-electron chi connectivity index (χ3n) is 2.95. The highest BCUT2D eigenvalue weighted by molar-refractivity contribution is 5.90. The number of nitrogens with one attached hydrogen (secondary N) is 1. The molecule has 7 nitrogen and oxygen atoms in total. The summed E-state index contributed by atoms with van der Waals surface area (Å²) in [6.45, 7) is 0.511. The normalized spacial score (nSPS) is 10.5. The Morgan fingerprint density at radius 2 is 2.05 bits per heavy atom. The minimum absolute atomic E-state index is 0.0580. The monoisotopic (exact) mass is 282 g/mol. The molecule has 3 rings (SSSR count). The van der Waals surface area contributed by atoms with Crippen LogP contribution >= 0.6 is 0 Å². The van der Waals surface area contributed by atoms with Crippen LogP contribution in [0.1, 0.15) is 6.42 Å². The largest absolute Gasteiger partial charge is 0.326 e. The van der Waals surface area contributed by atoms with Gasteiger partial charge in [0.1, 0.15) is 12.7 Å². The van der Waals surface area contributed by atoms with Crippen LogP contribution in [0.25, 0.3) is 5.69 Å². The Bertz CT molecular complexity index is 688. The summed E-state index contributed by atoms with van der Waals surface area (Å²) in [4.78, 5) is 15.7. The molecule has 2 aromatic heterocycles. The molecule has 0 atom stereocenters. The van der Waals surface area contributed by atoms with E-state index in [-0.39, 0.29) is 5.91 Å². The molecule has 2 heterocycles. The lowest BCUT2D eigenvalue weighted by Crippen LogP contribution is -2.14. The van der Waals surface area contributed by atoms with E-state index in [1.54, 1.807) is 21.9 Å². The molecular weight excluding hydrogens is 268 g/mol. The summed E-state index contributed by atoms with van der Waals surface area (Å²) in [5.74, 6) is -0.0580. The number of hydrogen-bond donors (Lipinski definition) is 1. The fourth-order valence-corrected chi connectivity index (χ4v) is 1.91. The molecule has 0 spiro atoms. The lowest BCUT2D eigenvalue weighted by molar-refractivity contribution is -0.116. The zero-order valence-corrected chi connectivity index (χ0v) is 11.3. The number of aryl methyl sites for hydroxylation is 1. The SMILES string of the molecule is O=C(CCn1cncn1)Nc1ccc(-n2cccn2)cc1. The maximum atomic E-state index is 11.8. The minimum Gasteiger partial charge on any atom is -0.326 e. The van der Waals surface area contributed by atoms with Crippen molar-refractivity contribution in [1.29, 1.82) is 0 Å². The van der Waals surface area contributed by atoms with Crippen LogP contribution in [-0.2, 0) is 11.3 Å².